The van der Waals surface area contributed by atoms with E-state index < -0.39 is 0 Å². The fourth-order valence-corrected chi connectivity index (χ4v) is 5.14. The summed E-state index contributed by atoms with van der Waals surface area (Å²) in [6, 6.07) is 9.44. The van der Waals surface area contributed by atoms with Gasteiger partial charge in [0.1, 0.15) is 16.5 Å². The number of aliphatic hydroxyl groups is 1. The number of benzene rings is 1. The lowest BCUT2D eigenvalue weighted by atomic mass is 10.0. The molecular formula is C26H32N6O3S. The number of anilines is 2. The van der Waals surface area contributed by atoms with Crippen molar-refractivity contribution in [2.45, 2.75) is 19.4 Å². The van der Waals surface area contributed by atoms with Gasteiger partial charge in [-0.25, -0.2) is 9.97 Å². The molecular weight excluding hydrogens is 476 g/mol. The minimum Gasteiger partial charge on any atom is -0.398 e. The molecule has 4 N–H and O–H groups in total. The number of ether oxygens (including phenoxy) is 1. The van der Waals surface area contributed by atoms with Gasteiger partial charge in [-0.2, -0.15) is 0 Å². The fourth-order valence-electron chi connectivity index (χ4n) is 4.15. The maximum Gasteiger partial charge on any atom is 0.169 e. The molecule has 5 rings (SSSR count). The molecule has 0 amide bonds. The number of para-hydroxylation sites is 1. The van der Waals surface area contributed by atoms with Crippen LogP contribution in [0.25, 0.3) is 10.4 Å². The van der Waals surface area contributed by atoms with E-state index in [1.807, 2.05) is 38.2 Å². The summed E-state index contributed by atoms with van der Waals surface area (Å²) in [5, 5.41) is 17.9. The van der Waals surface area contributed by atoms with Crippen LogP contribution in [0, 0.1) is 12.3 Å². The van der Waals surface area contributed by atoms with Crippen molar-refractivity contribution in [2.75, 3.05) is 57.1 Å². The first kappa shape index (κ1) is 25.9. The van der Waals surface area contributed by atoms with Gasteiger partial charge >= 0.3 is 0 Å². The van der Waals surface area contributed by atoms with Crippen LogP contribution < -0.4 is 10.6 Å². The molecule has 1 atom stereocenters. The number of β-amino-alcohol motifs (C(OH)–C–C–N with tert-alkyl or cyclic N) is 1. The summed E-state index contributed by atoms with van der Waals surface area (Å²) in [5.41, 5.74) is 9.54. The number of pyridine rings is 1. The Morgan fingerprint density at radius 1 is 1.25 bits per heavy atom. The van der Waals surface area contributed by atoms with Gasteiger partial charge in [-0.15, -0.1) is 11.3 Å². The van der Waals surface area contributed by atoms with Crippen LogP contribution in [-0.2, 0) is 4.74 Å². The maximum absolute atomic E-state index is 11.6. The summed E-state index contributed by atoms with van der Waals surface area (Å²) >= 11 is 1.30. The molecule has 2 aliphatic rings. The molecule has 0 bridgehead atoms. The highest BCUT2D eigenvalue weighted by atomic mass is 32.1. The molecule has 190 valence electrons. The Balaban J connectivity index is 0.000000375. The van der Waals surface area contributed by atoms with Crippen LogP contribution in [0.3, 0.4) is 0 Å². The van der Waals surface area contributed by atoms with E-state index in [2.05, 4.69) is 19.8 Å². The number of hydrogen-bond donors (Lipinski definition) is 3. The zero-order chi connectivity index (χ0) is 25.7. The second-order valence-corrected chi connectivity index (χ2v) is 9.97. The minimum atomic E-state index is -0.0509. The van der Waals surface area contributed by atoms with Crippen LogP contribution in [0.2, 0.25) is 0 Å². The number of nitrogens with two attached hydrogens (primary N) is 1. The second kappa shape index (κ2) is 11.7. The van der Waals surface area contributed by atoms with Crippen LogP contribution in [0.4, 0.5) is 11.5 Å². The van der Waals surface area contributed by atoms with Gasteiger partial charge in [0, 0.05) is 49.2 Å². The summed E-state index contributed by atoms with van der Waals surface area (Å²) in [6.45, 7) is 6.83. The predicted molar refractivity (Wildman–Crippen MR) is 143 cm³/mol. The SMILES string of the molecule is CN1CCC(O)C1.Cc1cccc(C(=N)c2nc(C=O)c(-c3ccc(N4CCOCC4)nc3)s2)c1N. The van der Waals surface area contributed by atoms with E-state index in [-0.39, 0.29) is 11.8 Å². The summed E-state index contributed by atoms with van der Waals surface area (Å²) in [4.78, 5) is 25.5. The number of hydrogen-bond acceptors (Lipinski definition) is 10. The van der Waals surface area contributed by atoms with Gasteiger partial charge in [0.2, 0.25) is 0 Å². The molecule has 0 radical (unpaired) electrons. The lowest BCUT2D eigenvalue weighted by molar-refractivity contribution is 0.112. The summed E-state index contributed by atoms with van der Waals surface area (Å²) in [5.74, 6) is 0.884. The zero-order valence-electron chi connectivity index (χ0n) is 20.6. The molecule has 0 aliphatic carbocycles. The van der Waals surface area contributed by atoms with Crippen molar-refractivity contribution < 1.29 is 14.6 Å². The number of aryl methyl sites for hydroxylation is 1. The van der Waals surface area contributed by atoms with E-state index in [1.165, 1.54) is 11.3 Å². The third-order valence-electron chi connectivity index (χ3n) is 6.28. The average Bonchev–Trinajstić information content (AvgIpc) is 3.51. The van der Waals surface area contributed by atoms with Crippen LogP contribution >= 0.6 is 11.3 Å². The van der Waals surface area contributed by atoms with Crippen molar-refractivity contribution in [1.82, 2.24) is 14.9 Å². The molecule has 36 heavy (non-hydrogen) atoms. The predicted octanol–water partition coefficient (Wildman–Crippen LogP) is 2.84. The van der Waals surface area contributed by atoms with Crippen LogP contribution in [0.15, 0.2) is 36.5 Å². The highest BCUT2D eigenvalue weighted by Crippen LogP contribution is 2.32. The van der Waals surface area contributed by atoms with E-state index in [9.17, 15) is 4.79 Å². The van der Waals surface area contributed by atoms with Gasteiger partial charge < -0.3 is 25.4 Å². The first-order valence-corrected chi connectivity index (χ1v) is 12.7. The number of nitrogens with zero attached hydrogens (tertiary/aromatic N) is 4. The summed E-state index contributed by atoms with van der Waals surface area (Å²) in [7, 11) is 2.02. The zero-order valence-corrected chi connectivity index (χ0v) is 21.4. The second-order valence-electron chi connectivity index (χ2n) is 8.97. The molecule has 4 heterocycles. The molecule has 3 aromatic rings. The summed E-state index contributed by atoms with van der Waals surface area (Å²) < 4.78 is 5.38. The van der Waals surface area contributed by atoms with E-state index in [4.69, 9.17) is 21.0 Å². The van der Waals surface area contributed by atoms with Crippen molar-refractivity contribution >= 4 is 34.8 Å². The van der Waals surface area contributed by atoms with Gasteiger partial charge in [0.15, 0.2) is 6.29 Å². The van der Waals surface area contributed by atoms with Crippen molar-refractivity contribution in [3.63, 3.8) is 0 Å². The number of carbonyl (C=O) groups excluding carboxylic acids is 1. The third-order valence-corrected chi connectivity index (χ3v) is 7.42. The van der Waals surface area contributed by atoms with Crippen molar-refractivity contribution in [2.24, 2.45) is 0 Å². The van der Waals surface area contributed by atoms with Crippen molar-refractivity contribution in [3.05, 3.63) is 58.4 Å². The molecule has 1 aromatic carbocycles. The van der Waals surface area contributed by atoms with Gasteiger partial charge in [0.25, 0.3) is 0 Å². The quantitative estimate of drug-likeness (QED) is 0.273. The normalized spacial score (nSPS) is 18.0. The van der Waals surface area contributed by atoms with Crippen LogP contribution in [0.5, 0.6) is 0 Å². The average molecular weight is 509 g/mol. The standard InChI is InChI=1S/C21H21N5O2S.C5H11NO/c1-13-3-2-4-15(18(13)22)19(23)21-25-16(12-27)20(29-21)14-5-6-17(24-11-14)26-7-9-28-10-8-26;1-6-3-2-5(7)4-6/h2-6,11-12,23H,7-10,22H2,1H3;5,7H,2-4H2,1H3. The largest absolute Gasteiger partial charge is 0.398 e. The molecule has 9 nitrogen and oxygen atoms in total. The number of aliphatic hydroxyl groups excluding tert-OH is 1. The number of rotatable bonds is 5. The Hall–Kier alpha value is -3.18. The van der Waals surface area contributed by atoms with E-state index in [0.717, 1.165) is 55.8 Å². The number of nitrogens with one attached hydrogen (secondary N) is 1. The van der Waals surface area contributed by atoms with Gasteiger partial charge in [-0.05, 0) is 38.1 Å². The number of nitrogen functional groups attached to an aromatic ring is 1. The number of aromatic nitrogens is 2. The molecule has 1 unspecified atom stereocenters. The topological polar surface area (TPSA) is 129 Å². The van der Waals surface area contributed by atoms with Crippen molar-refractivity contribution in [3.8, 4) is 10.4 Å². The molecule has 2 aliphatic heterocycles. The highest BCUT2D eigenvalue weighted by molar-refractivity contribution is 7.17. The molecule has 10 heteroatoms. The van der Waals surface area contributed by atoms with Gasteiger partial charge in [-0.1, -0.05) is 18.2 Å². The first-order valence-electron chi connectivity index (χ1n) is 11.9. The van der Waals surface area contributed by atoms with Gasteiger partial charge in [-0.3, -0.25) is 10.2 Å². The van der Waals surface area contributed by atoms with E-state index >= 15 is 0 Å². The lowest BCUT2D eigenvalue weighted by Crippen LogP contribution is -2.36. The van der Waals surface area contributed by atoms with Crippen molar-refractivity contribution in [1.29, 1.82) is 5.41 Å². The Morgan fingerprint density at radius 3 is 2.61 bits per heavy atom. The number of carbonyl (C=O) groups is 1. The number of aldehydes is 1. The molecule has 2 fully saturated rings. The number of morpholine rings is 1. The Bertz CT molecular complexity index is 1200. The smallest absolute Gasteiger partial charge is 0.169 e. The maximum atomic E-state index is 11.6. The fraction of sp³-hybridized carbons (Fsp3) is 0.385. The number of likely N-dealkylation sites (N-methyl/N-ethyl adjacent to an activating group) is 1. The summed E-state index contributed by atoms with van der Waals surface area (Å²) in [6.07, 6.45) is 3.37. The van der Waals surface area contributed by atoms with E-state index in [0.29, 0.717) is 40.0 Å². The Kier molecular flexibility index (Phi) is 8.42. The van der Waals surface area contributed by atoms with Gasteiger partial charge in [0.05, 0.1) is 29.9 Å². The third kappa shape index (κ3) is 5.96. The van der Waals surface area contributed by atoms with E-state index in [1.54, 1.807) is 12.3 Å². The molecule has 2 saturated heterocycles. The number of likely N-dealkylation sites (tertiary alicyclic amines) is 1. The lowest BCUT2D eigenvalue weighted by Gasteiger charge is -2.27. The monoisotopic (exact) mass is 508 g/mol. The van der Waals surface area contributed by atoms with Crippen LogP contribution in [-0.4, -0.2) is 84.5 Å². The minimum absolute atomic E-state index is 0.0509. The number of thiazole rings is 1. The van der Waals surface area contributed by atoms with Crippen LogP contribution in [0.1, 0.15) is 33.0 Å². The molecule has 0 spiro atoms. The molecule has 0 saturated carbocycles. The first-order chi connectivity index (χ1) is 17.4. The Morgan fingerprint density at radius 2 is 2.03 bits per heavy atom. The Labute approximate surface area is 215 Å². The highest BCUT2D eigenvalue weighted by Gasteiger charge is 2.20. The molecule has 2 aromatic heterocycles.